The second-order valence-electron chi connectivity index (χ2n) is 6.43. The number of para-hydroxylation sites is 1. The summed E-state index contributed by atoms with van der Waals surface area (Å²) in [6.07, 6.45) is -0.626. The predicted molar refractivity (Wildman–Crippen MR) is 110 cm³/mol. The number of hydrogen-bond donors (Lipinski definition) is 2. The first-order valence-corrected chi connectivity index (χ1v) is 9.39. The molecule has 4 rings (SSSR count). The maximum Gasteiger partial charge on any atom is 0.141 e. The van der Waals surface area contributed by atoms with Crippen LogP contribution < -0.4 is 16.4 Å². The molecule has 4 N–H and O–H groups in total. The first-order valence-electron chi connectivity index (χ1n) is 8.60. The van der Waals surface area contributed by atoms with Crippen LogP contribution in [0.15, 0.2) is 83.3 Å². The van der Waals surface area contributed by atoms with E-state index in [1.54, 1.807) is 0 Å². The SMILES string of the molecule is NC1c2ccccc2N(c2cccc(Br)c2)C(N)N1Cc1ccccc1. The number of halogens is 1. The molecule has 0 saturated heterocycles. The van der Waals surface area contributed by atoms with Crippen molar-refractivity contribution in [1.29, 1.82) is 0 Å². The summed E-state index contributed by atoms with van der Waals surface area (Å²) in [6, 6.07) is 26.7. The van der Waals surface area contributed by atoms with Crippen LogP contribution in [-0.4, -0.2) is 11.2 Å². The molecule has 0 fully saturated rings. The Balaban J connectivity index is 1.79. The molecule has 0 aliphatic carbocycles. The highest BCUT2D eigenvalue weighted by Crippen LogP contribution is 2.40. The summed E-state index contributed by atoms with van der Waals surface area (Å²) in [5.41, 5.74) is 17.7. The Kier molecular flexibility index (Phi) is 4.78. The molecule has 2 unspecified atom stereocenters. The predicted octanol–water partition coefficient (Wildman–Crippen LogP) is 4.30. The fourth-order valence-electron chi connectivity index (χ4n) is 3.49. The Labute approximate surface area is 162 Å². The number of anilines is 2. The molecule has 0 spiro atoms. The van der Waals surface area contributed by atoms with Gasteiger partial charge in [0.15, 0.2) is 0 Å². The van der Waals surface area contributed by atoms with Gasteiger partial charge in [0.05, 0.1) is 6.17 Å². The molecule has 4 nitrogen and oxygen atoms in total. The first kappa shape index (κ1) is 17.2. The van der Waals surface area contributed by atoms with Crippen LogP contribution in [0, 0.1) is 0 Å². The van der Waals surface area contributed by atoms with Crippen LogP contribution in [0.1, 0.15) is 17.3 Å². The summed E-state index contributed by atoms with van der Waals surface area (Å²) in [5, 5.41) is 0. The summed E-state index contributed by atoms with van der Waals surface area (Å²) in [5.74, 6) is 0. The van der Waals surface area contributed by atoms with Crippen LogP contribution in [0.3, 0.4) is 0 Å². The zero-order chi connectivity index (χ0) is 18.1. The average molecular weight is 409 g/mol. The van der Waals surface area contributed by atoms with Crippen LogP contribution >= 0.6 is 15.9 Å². The minimum Gasteiger partial charge on any atom is -0.312 e. The van der Waals surface area contributed by atoms with Gasteiger partial charge in [-0.15, -0.1) is 0 Å². The molecule has 1 aliphatic heterocycles. The van der Waals surface area contributed by atoms with Crippen molar-refractivity contribution in [3.05, 3.63) is 94.5 Å². The molecule has 0 saturated carbocycles. The summed E-state index contributed by atoms with van der Waals surface area (Å²) in [6.45, 7) is 0.683. The van der Waals surface area contributed by atoms with Crippen LogP contribution in [0.2, 0.25) is 0 Å². The van der Waals surface area contributed by atoms with E-state index in [2.05, 4.69) is 62.1 Å². The van der Waals surface area contributed by atoms with Gasteiger partial charge in [-0.3, -0.25) is 5.73 Å². The van der Waals surface area contributed by atoms with Crippen molar-refractivity contribution >= 4 is 27.3 Å². The fourth-order valence-corrected chi connectivity index (χ4v) is 3.88. The molecular formula is C21H21BrN4. The van der Waals surface area contributed by atoms with E-state index in [4.69, 9.17) is 11.5 Å². The smallest absolute Gasteiger partial charge is 0.141 e. The molecule has 3 aromatic carbocycles. The molecule has 26 heavy (non-hydrogen) atoms. The fraction of sp³-hybridized carbons (Fsp3) is 0.143. The van der Waals surface area contributed by atoms with Gasteiger partial charge < -0.3 is 10.6 Å². The van der Waals surface area contributed by atoms with Crippen LogP contribution in [0.25, 0.3) is 0 Å². The number of benzene rings is 3. The van der Waals surface area contributed by atoms with Gasteiger partial charge in [-0.25, -0.2) is 4.90 Å². The zero-order valence-electron chi connectivity index (χ0n) is 14.3. The molecule has 1 aliphatic rings. The van der Waals surface area contributed by atoms with Crippen molar-refractivity contribution in [2.45, 2.75) is 19.0 Å². The second-order valence-corrected chi connectivity index (χ2v) is 7.34. The zero-order valence-corrected chi connectivity index (χ0v) is 15.9. The van der Waals surface area contributed by atoms with Crippen molar-refractivity contribution in [1.82, 2.24) is 4.90 Å². The van der Waals surface area contributed by atoms with Gasteiger partial charge in [-0.05, 0) is 29.8 Å². The standard InChI is InChI=1S/C21H21BrN4/c22-16-9-6-10-17(13-16)26-19-12-5-4-11-18(19)20(23)25(21(26)24)14-15-7-2-1-3-8-15/h1-13,20-21H,14,23-24H2. The van der Waals surface area contributed by atoms with E-state index in [1.165, 1.54) is 5.56 Å². The van der Waals surface area contributed by atoms with Crippen molar-refractivity contribution in [2.24, 2.45) is 11.5 Å². The Hall–Kier alpha value is -2.18. The van der Waals surface area contributed by atoms with Crippen LogP contribution in [-0.2, 0) is 6.54 Å². The number of nitrogens with two attached hydrogens (primary N) is 2. The topological polar surface area (TPSA) is 58.5 Å². The second kappa shape index (κ2) is 7.21. The molecule has 132 valence electrons. The summed E-state index contributed by atoms with van der Waals surface area (Å²) in [4.78, 5) is 4.27. The molecule has 0 bridgehead atoms. The molecular weight excluding hydrogens is 388 g/mol. The lowest BCUT2D eigenvalue weighted by molar-refractivity contribution is 0.121. The number of rotatable bonds is 3. The van der Waals surface area contributed by atoms with E-state index in [-0.39, 0.29) is 12.5 Å². The Morgan fingerprint density at radius 1 is 0.846 bits per heavy atom. The third-order valence-electron chi connectivity index (χ3n) is 4.77. The molecule has 5 heteroatoms. The van der Waals surface area contributed by atoms with Crippen LogP contribution in [0.5, 0.6) is 0 Å². The summed E-state index contributed by atoms with van der Waals surface area (Å²) < 4.78 is 1.02. The molecule has 0 radical (unpaired) electrons. The highest BCUT2D eigenvalue weighted by atomic mass is 79.9. The monoisotopic (exact) mass is 408 g/mol. The van der Waals surface area contributed by atoms with Crippen molar-refractivity contribution < 1.29 is 0 Å². The molecule has 1 heterocycles. The number of hydrogen-bond acceptors (Lipinski definition) is 4. The lowest BCUT2D eigenvalue weighted by Gasteiger charge is -2.47. The number of nitrogens with zero attached hydrogens (tertiary/aromatic N) is 2. The highest BCUT2D eigenvalue weighted by Gasteiger charge is 2.35. The van der Waals surface area contributed by atoms with E-state index in [1.807, 2.05) is 42.5 Å². The largest absolute Gasteiger partial charge is 0.312 e. The number of fused-ring (bicyclic) bond motifs is 1. The normalized spacial score (nSPS) is 20.0. The minimum atomic E-state index is -0.366. The van der Waals surface area contributed by atoms with E-state index in [0.29, 0.717) is 6.54 Å². The maximum atomic E-state index is 6.71. The van der Waals surface area contributed by atoms with Gasteiger partial charge >= 0.3 is 0 Å². The lowest BCUT2D eigenvalue weighted by Crippen LogP contribution is -2.58. The van der Waals surface area contributed by atoms with Crippen molar-refractivity contribution in [2.75, 3.05) is 4.90 Å². The third-order valence-corrected chi connectivity index (χ3v) is 5.26. The van der Waals surface area contributed by atoms with Gasteiger partial charge in [0.2, 0.25) is 0 Å². The third kappa shape index (κ3) is 3.15. The summed E-state index contributed by atoms with van der Waals surface area (Å²) >= 11 is 3.56. The van der Waals surface area contributed by atoms with E-state index < -0.39 is 0 Å². The maximum absolute atomic E-state index is 6.71. The Morgan fingerprint density at radius 2 is 1.58 bits per heavy atom. The first-order chi connectivity index (χ1) is 12.6. The van der Waals surface area contributed by atoms with Gasteiger partial charge in [0.25, 0.3) is 0 Å². The van der Waals surface area contributed by atoms with Gasteiger partial charge in [0.1, 0.15) is 6.29 Å². The van der Waals surface area contributed by atoms with E-state index in [9.17, 15) is 0 Å². The Morgan fingerprint density at radius 3 is 2.35 bits per heavy atom. The Bertz CT molecular complexity index is 899. The molecule has 3 aromatic rings. The van der Waals surface area contributed by atoms with Crippen LogP contribution in [0.4, 0.5) is 11.4 Å². The minimum absolute atomic E-state index is 0.259. The van der Waals surface area contributed by atoms with Crippen molar-refractivity contribution in [3.63, 3.8) is 0 Å². The van der Waals surface area contributed by atoms with E-state index >= 15 is 0 Å². The van der Waals surface area contributed by atoms with Crippen molar-refractivity contribution in [3.8, 4) is 0 Å². The molecule has 2 atom stereocenters. The van der Waals surface area contributed by atoms with Gasteiger partial charge in [0, 0.05) is 28.0 Å². The molecule has 0 aromatic heterocycles. The summed E-state index contributed by atoms with van der Waals surface area (Å²) in [7, 11) is 0. The quantitative estimate of drug-likeness (QED) is 0.677. The van der Waals surface area contributed by atoms with Gasteiger partial charge in [-0.1, -0.05) is 70.5 Å². The average Bonchev–Trinajstić information content (AvgIpc) is 2.66. The van der Waals surface area contributed by atoms with Gasteiger partial charge in [-0.2, -0.15) is 0 Å². The molecule has 0 amide bonds. The highest BCUT2D eigenvalue weighted by molar-refractivity contribution is 9.10. The lowest BCUT2D eigenvalue weighted by atomic mass is 10.0. The van der Waals surface area contributed by atoms with E-state index in [0.717, 1.165) is 21.4 Å².